The van der Waals surface area contributed by atoms with Crippen molar-refractivity contribution in [1.29, 1.82) is 0 Å². The maximum atomic E-state index is 14.0. The van der Waals surface area contributed by atoms with E-state index in [1.165, 1.54) is 0 Å². The second-order valence-corrected chi connectivity index (χ2v) is 4.55. The number of aromatic amines is 1. The van der Waals surface area contributed by atoms with E-state index in [-0.39, 0.29) is 5.82 Å². The fraction of sp³-hybridized carbons (Fsp3) is 0.182. The number of benzene rings is 1. The number of hydrogen-bond acceptors (Lipinski definition) is 2. The van der Waals surface area contributed by atoms with Crippen molar-refractivity contribution in [2.75, 3.05) is 5.73 Å². The molecule has 2 rings (SSSR count). The topological polar surface area (TPSA) is 54.7 Å². The summed E-state index contributed by atoms with van der Waals surface area (Å²) in [5.74, 6) is 0.0539. The maximum absolute atomic E-state index is 14.0. The lowest BCUT2D eigenvalue weighted by Crippen LogP contribution is -1.94. The van der Waals surface area contributed by atoms with E-state index < -0.39 is 0 Å². The summed E-state index contributed by atoms with van der Waals surface area (Å²) in [6, 6.07) is 3.38. The maximum Gasteiger partial charge on any atom is 0.147 e. The zero-order chi connectivity index (χ0) is 11.9. The molecule has 1 aromatic carbocycles. The fourth-order valence-electron chi connectivity index (χ4n) is 1.63. The van der Waals surface area contributed by atoms with Crippen LogP contribution in [0.4, 0.5) is 10.2 Å². The number of hydrogen-bond donors (Lipinski definition) is 2. The third-order valence-corrected chi connectivity index (χ3v) is 3.18. The largest absolute Gasteiger partial charge is 0.382 e. The van der Waals surface area contributed by atoms with E-state index in [9.17, 15) is 4.39 Å². The number of H-pyrrole nitrogens is 1. The van der Waals surface area contributed by atoms with Gasteiger partial charge >= 0.3 is 0 Å². The summed E-state index contributed by atoms with van der Waals surface area (Å²) in [5, 5.41) is 6.53. The van der Waals surface area contributed by atoms with Crippen molar-refractivity contribution < 1.29 is 4.39 Å². The number of aryl methyl sites for hydroxylation is 1. The number of nitrogens with two attached hydrogens (primary N) is 1. The van der Waals surface area contributed by atoms with Crippen LogP contribution in [0.3, 0.4) is 0 Å². The molecule has 0 saturated carbocycles. The molecule has 3 nitrogen and oxygen atoms in total. The second kappa shape index (κ2) is 3.90. The van der Waals surface area contributed by atoms with Gasteiger partial charge in [-0.2, -0.15) is 5.10 Å². The molecule has 0 aliphatic rings. The summed E-state index contributed by atoms with van der Waals surface area (Å²) in [7, 11) is 0. The Bertz CT molecular complexity index is 522. The van der Waals surface area contributed by atoms with Gasteiger partial charge in [0.1, 0.15) is 11.6 Å². The summed E-state index contributed by atoms with van der Waals surface area (Å²) < 4.78 is 14.4. The number of aromatic nitrogens is 2. The van der Waals surface area contributed by atoms with Crippen LogP contribution in [0.15, 0.2) is 16.6 Å². The van der Waals surface area contributed by atoms with Gasteiger partial charge in [-0.25, -0.2) is 4.39 Å². The molecule has 2 aromatic rings. The van der Waals surface area contributed by atoms with Crippen LogP contribution >= 0.6 is 15.9 Å². The zero-order valence-electron chi connectivity index (χ0n) is 8.94. The lowest BCUT2D eigenvalue weighted by molar-refractivity contribution is 0.622. The van der Waals surface area contributed by atoms with E-state index in [0.29, 0.717) is 21.5 Å². The van der Waals surface area contributed by atoms with Crippen molar-refractivity contribution in [2.45, 2.75) is 13.8 Å². The van der Waals surface area contributed by atoms with Crippen molar-refractivity contribution >= 4 is 21.7 Å². The molecule has 0 fully saturated rings. The monoisotopic (exact) mass is 283 g/mol. The van der Waals surface area contributed by atoms with Crippen molar-refractivity contribution in [1.82, 2.24) is 10.2 Å². The van der Waals surface area contributed by atoms with Gasteiger partial charge in [-0.3, -0.25) is 5.10 Å². The quantitative estimate of drug-likeness (QED) is 0.845. The minimum Gasteiger partial charge on any atom is -0.382 e. The van der Waals surface area contributed by atoms with E-state index in [4.69, 9.17) is 5.73 Å². The lowest BCUT2D eigenvalue weighted by Gasteiger charge is -2.09. The van der Waals surface area contributed by atoms with Gasteiger partial charge in [0.05, 0.1) is 10.2 Å². The third-order valence-electron chi connectivity index (χ3n) is 2.61. The Kier molecular flexibility index (Phi) is 2.71. The highest BCUT2D eigenvalue weighted by Crippen LogP contribution is 2.32. The first-order valence-corrected chi connectivity index (χ1v) is 5.56. The normalized spacial score (nSPS) is 10.8. The smallest absolute Gasteiger partial charge is 0.147 e. The van der Waals surface area contributed by atoms with E-state index in [1.54, 1.807) is 12.1 Å². The van der Waals surface area contributed by atoms with E-state index >= 15 is 0 Å². The SMILES string of the molecule is Cc1cc(Br)c(F)c(-c2cc(N)n[nH]2)c1C. The molecule has 0 bridgehead atoms. The number of nitrogen functional groups attached to an aromatic ring is 1. The van der Waals surface area contributed by atoms with Crippen molar-refractivity contribution in [2.24, 2.45) is 0 Å². The van der Waals surface area contributed by atoms with Gasteiger partial charge in [0.2, 0.25) is 0 Å². The average Bonchev–Trinajstić information content (AvgIpc) is 2.62. The Morgan fingerprint density at radius 2 is 2.06 bits per heavy atom. The molecule has 1 heterocycles. The van der Waals surface area contributed by atoms with Crippen LogP contribution in [-0.4, -0.2) is 10.2 Å². The molecule has 1 aromatic heterocycles. The summed E-state index contributed by atoms with van der Waals surface area (Å²) in [6.07, 6.45) is 0. The summed E-state index contributed by atoms with van der Waals surface area (Å²) >= 11 is 3.19. The summed E-state index contributed by atoms with van der Waals surface area (Å²) in [6.45, 7) is 3.81. The summed E-state index contributed by atoms with van der Waals surface area (Å²) in [4.78, 5) is 0. The van der Waals surface area contributed by atoms with Crippen LogP contribution in [0.2, 0.25) is 0 Å². The molecule has 0 spiro atoms. The van der Waals surface area contributed by atoms with Gasteiger partial charge in [0, 0.05) is 11.6 Å². The molecule has 0 amide bonds. The third kappa shape index (κ3) is 1.71. The van der Waals surface area contributed by atoms with E-state index in [1.807, 2.05) is 13.8 Å². The highest BCUT2D eigenvalue weighted by molar-refractivity contribution is 9.10. The standard InChI is InChI=1S/C11H11BrFN3/c1-5-3-7(12)11(13)10(6(5)2)8-4-9(14)16-15-8/h3-4H,1-2H3,(H3,14,15,16). The van der Waals surface area contributed by atoms with Crippen LogP contribution in [0.5, 0.6) is 0 Å². The Labute approximate surface area is 101 Å². The molecule has 16 heavy (non-hydrogen) atoms. The molecule has 0 saturated heterocycles. The van der Waals surface area contributed by atoms with Crippen LogP contribution in [0, 0.1) is 19.7 Å². The van der Waals surface area contributed by atoms with E-state index in [2.05, 4.69) is 26.1 Å². The molecule has 0 aliphatic carbocycles. The van der Waals surface area contributed by atoms with Crippen LogP contribution in [0.1, 0.15) is 11.1 Å². The molecule has 5 heteroatoms. The van der Waals surface area contributed by atoms with Crippen LogP contribution in [0.25, 0.3) is 11.3 Å². The molecule has 84 valence electrons. The average molecular weight is 284 g/mol. The molecule has 3 N–H and O–H groups in total. The highest BCUT2D eigenvalue weighted by atomic mass is 79.9. The van der Waals surface area contributed by atoms with Gasteiger partial charge < -0.3 is 5.73 Å². The fourth-order valence-corrected chi connectivity index (χ4v) is 2.17. The van der Waals surface area contributed by atoms with Crippen molar-refractivity contribution in [3.05, 3.63) is 33.5 Å². The number of nitrogens with one attached hydrogen (secondary N) is 1. The van der Waals surface area contributed by atoms with Gasteiger partial charge in [0.25, 0.3) is 0 Å². The lowest BCUT2D eigenvalue weighted by atomic mass is 10.0. The minimum atomic E-state index is -0.299. The zero-order valence-corrected chi connectivity index (χ0v) is 10.5. The van der Waals surface area contributed by atoms with Gasteiger partial charge in [-0.15, -0.1) is 0 Å². The molecule has 0 unspecified atom stereocenters. The summed E-state index contributed by atoms with van der Waals surface area (Å²) in [5.41, 5.74) is 8.51. The highest BCUT2D eigenvalue weighted by Gasteiger charge is 2.15. The number of nitrogens with zero attached hydrogens (tertiary/aromatic N) is 1. The second-order valence-electron chi connectivity index (χ2n) is 3.70. The minimum absolute atomic E-state index is 0.299. The van der Waals surface area contributed by atoms with Gasteiger partial charge in [0.15, 0.2) is 0 Å². The molecular formula is C11H11BrFN3. The Balaban J connectivity index is 2.73. The molecular weight excluding hydrogens is 273 g/mol. The first-order chi connectivity index (χ1) is 7.50. The van der Waals surface area contributed by atoms with Crippen molar-refractivity contribution in [3.63, 3.8) is 0 Å². The molecule has 0 atom stereocenters. The number of halogens is 2. The Morgan fingerprint density at radius 3 is 2.62 bits per heavy atom. The Morgan fingerprint density at radius 1 is 1.38 bits per heavy atom. The number of rotatable bonds is 1. The van der Waals surface area contributed by atoms with Crippen LogP contribution < -0.4 is 5.73 Å². The first kappa shape index (κ1) is 11.1. The van der Waals surface area contributed by atoms with E-state index in [0.717, 1.165) is 11.1 Å². The predicted octanol–water partition coefficient (Wildman–Crippen LogP) is 3.18. The predicted molar refractivity (Wildman–Crippen MR) is 65.6 cm³/mol. The van der Waals surface area contributed by atoms with Gasteiger partial charge in [-0.05, 0) is 47.0 Å². The molecule has 0 radical (unpaired) electrons. The number of anilines is 1. The first-order valence-electron chi connectivity index (χ1n) is 4.77. The van der Waals surface area contributed by atoms with Gasteiger partial charge in [-0.1, -0.05) is 0 Å². The Hall–Kier alpha value is -1.36. The van der Waals surface area contributed by atoms with Crippen LogP contribution in [-0.2, 0) is 0 Å². The van der Waals surface area contributed by atoms with Crippen molar-refractivity contribution in [3.8, 4) is 11.3 Å². The molecule has 0 aliphatic heterocycles.